The maximum Gasteiger partial charge on any atom is 0.191 e. The first-order chi connectivity index (χ1) is 13.2. The summed E-state index contributed by atoms with van der Waals surface area (Å²) >= 11 is 6.83. The van der Waals surface area contributed by atoms with Gasteiger partial charge in [0, 0.05) is 33.3 Å². The zero-order chi connectivity index (χ0) is 18.6. The average molecular weight is 457 g/mol. The number of benzene rings is 2. The van der Waals surface area contributed by atoms with Crippen molar-refractivity contribution in [2.75, 3.05) is 0 Å². The lowest BCUT2D eigenvalue weighted by molar-refractivity contribution is 0.687. The number of thiazole rings is 1. The van der Waals surface area contributed by atoms with Gasteiger partial charge in [-0.3, -0.25) is 0 Å². The van der Waals surface area contributed by atoms with Crippen molar-refractivity contribution < 1.29 is 0 Å². The van der Waals surface area contributed by atoms with Crippen molar-refractivity contribution in [2.24, 2.45) is 0 Å². The Morgan fingerprint density at radius 1 is 1.00 bits per heavy atom. The van der Waals surface area contributed by atoms with Gasteiger partial charge < -0.3 is 4.57 Å². The van der Waals surface area contributed by atoms with Gasteiger partial charge in [0.2, 0.25) is 0 Å². The molecule has 0 unspecified atom stereocenters. The molecule has 7 heteroatoms. The maximum atomic E-state index is 4.76. The largest absolute Gasteiger partial charge is 0.302 e. The first-order valence-corrected chi connectivity index (χ1v) is 11.2. The van der Waals surface area contributed by atoms with E-state index in [0.29, 0.717) is 0 Å². The van der Waals surface area contributed by atoms with Gasteiger partial charge in [0.05, 0.1) is 5.69 Å². The SMILES string of the molecule is CCn1c(SCc2csc(-c3ccccc3)n2)nnc1-c1ccc(Br)cc1. The van der Waals surface area contributed by atoms with Crippen LogP contribution in [0.5, 0.6) is 0 Å². The zero-order valence-electron chi connectivity index (χ0n) is 14.7. The van der Waals surface area contributed by atoms with Crippen LogP contribution in [0, 0.1) is 0 Å². The Balaban J connectivity index is 1.50. The third-order valence-corrected chi connectivity index (χ3v) is 6.53. The summed E-state index contributed by atoms with van der Waals surface area (Å²) in [5.41, 5.74) is 3.30. The van der Waals surface area contributed by atoms with Crippen LogP contribution >= 0.6 is 39.0 Å². The second-order valence-electron chi connectivity index (χ2n) is 5.86. The number of hydrogen-bond donors (Lipinski definition) is 0. The number of halogens is 1. The molecule has 0 fully saturated rings. The Bertz CT molecular complexity index is 1030. The summed E-state index contributed by atoms with van der Waals surface area (Å²) in [4.78, 5) is 4.76. The highest BCUT2D eigenvalue weighted by molar-refractivity contribution is 9.10. The summed E-state index contributed by atoms with van der Waals surface area (Å²) in [5, 5.41) is 12.9. The molecule has 2 heterocycles. The van der Waals surface area contributed by atoms with E-state index in [0.717, 1.165) is 49.6 Å². The molecule has 0 amide bonds. The van der Waals surface area contributed by atoms with Crippen molar-refractivity contribution in [3.8, 4) is 22.0 Å². The molecular formula is C20H17BrN4S2. The standard InChI is InChI=1S/C20H17BrN4S2/c1-2-25-18(14-8-10-16(21)11-9-14)23-24-20(25)27-13-17-12-26-19(22-17)15-6-4-3-5-7-15/h3-12H,2,13H2,1H3. The van der Waals surface area contributed by atoms with Crippen LogP contribution < -0.4 is 0 Å². The first-order valence-electron chi connectivity index (χ1n) is 8.56. The minimum Gasteiger partial charge on any atom is -0.302 e. The number of thioether (sulfide) groups is 1. The lowest BCUT2D eigenvalue weighted by atomic mass is 10.2. The van der Waals surface area contributed by atoms with Gasteiger partial charge in [-0.15, -0.1) is 21.5 Å². The van der Waals surface area contributed by atoms with Crippen LogP contribution in [0.2, 0.25) is 0 Å². The lowest BCUT2D eigenvalue weighted by Gasteiger charge is -2.07. The van der Waals surface area contributed by atoms with Crippen molar-refractivity contribution in [3.05, 3.63) is 70.1 Å². The lowest BCUT2D eigenvalue weighted by Crippen LogP contribution is -1.99. The normalized spacial score (nSPS) is 11.0. The molecule has 0 bridgehead atoms. The highest BCUT2D eigenvalue weighted by Crippen LogP contribution is 2.29. The Hall–Kier alpha value is -1.96. The summed E-state index contributed by atoms with van der Waals surface area (Å²) < 4.78 is 3.21. The monoisotopic (exact) mass is 456 g/mol. The molecule has 4 nitrogen and oxygen atoms in total. The average Bonchev–Trinajstić information content (AvgIpc) is 3.34. The van der Waals surface area contributed by atoms with E-state index in [1.54, 1.807) is 23.1 Å². The molecule has 0 saturated heterocycles. The van der Waals surface area contributed by atoms with Gasteiger partial charge in [-0.25, -0.2) is 4.98 Å². The summed E-state index contributed by atoms with van der Waals surface area (Å²) in [6.07, 6.45) is 0. The van der Waals surface area contributed by atoms with Gasteiger partial charge in [-0.05, 0) is 19.1 Å². The van der Waals surface area contributed by atoms with Crippen LogP contribution in [-0.2, 0) is 12.3 Å². The van der Waals surface area contributed by atoms with E-state index in [-0.39, 0.29) is 0 Å². The first kappa shape index (κ1) is 18.4. The molecule has 0 spiro atoms. The van der Waals surface area contributed by atoms with Gasteiger partial charge >= 0.3 is 0 Å². The van der Waals surface area contributed by atoms with E-state index < -0.39 is 0 Å². The van der Waals surface area contributed by atoms with Gasteiger partial charge in [-0.1, -0.05) is 70.2 Å². The predicted octanol–water partition coefficient (Wildman–Crippen LogP) is 6.14. The Morgan fingerprint density at radius 3 is 2.52 bits per heavy atom. The van der Waals surface area contributed by atoms with Crippen LogP contribution in [0.4, 0.5) is 0 Å². The van der Waals surface area contributed by atoms with E-state index in [4.69, 9.17) is 4.98 Å². The van der Waals surface area contributed by atoms with Crippen LogP contribution in [-0.4, -0.2) is 19.7 Å². The Labute approximate surface area is 174 Å². The second-order valence-corrected chi connectivity index (χ2v) is 8.57. The maximum absolute atomic E-state index is 4.76. The van der Waals surface area contributed by atoms with Crippen molar-refractivity contribution in [3.63, 3.8) is 0 Å². The molecule has 0 aliphatic heterocycles. The minimum atomic E-state index is 0.780. The summed E-state index contributed by atoms with van der Waals surface area (Å²) in [5.74, 6) is 1.68. The highest BCUT2D eigenvalue weighted by Gasteiger charge is 2.14. The van der Waals surface area contributed by atoms with Crippen molar-refractivity contribution in [2.45, 2.75) is 24.4 Å². The molecule has 4 rings (SSSR count). The molecule has 0 aliphatic carbocycles. The topological polar surface area (TPSA) is 43.6 Å². The predicted molar refractivity (Wildman–Crippen MR) is 116 cm³/mol. The molecule has 4 aromatic rings. The molecule has 136 valence electrons. The van der Waals surface area contributed by atoms with Crippen molar-refractivity contribution >= 4 is 39.0 Å². The molecule has 2 aromatic heterocycles. The fourth-order valence-electron chi connectivity index (χ4n) is 2.72. The van der Waals surface area contributed by atoms with Crippen molar-refractivity contribution in [1.29, 1.82) is 0 Å². The van der Waals surface area contributed by atoms with Gasteiger partial charge in [-0.2, -0.15) is 0 Å². The molecule has 0 aliphatic rings. The quantitative estimate of drug-likeness (QED) is 0.326. The zero-order valence-corrected chi connectivity index (χ0v) is 17.9. The summed E-state index contributed by atoms with van der Waals surface area (Å²) in [6.45, 7) is 2.94. The van der Waals surface area contributed by atoms with Crippen LogP contribution in [0.25, 0.3) is 22.0 Å². The summed E-state index contributed by atoms with van der Waals surface area (Å²) in [7, 11) is 0. The third kappa shape index (κ3) is 4.15. The number of nitrogens with zero attached hydrogens (tertiary/aromatic N) is 4. The molecular weight excluding hydrogens is 440 g/mol. The number of hydrogen-bond acceptors (Lipinski definition) is 5. The Kier molecular flexibility index (Phi) is 5.71. The summed E-state index contributed by atoms with van der Waals surface area (Å²) in [6, 6.07) is 18.4. The molecule has 27 heavy (non-hydrogen) atoms. The molecule has 0 N–H and O–H groups in total. The van der Waals surface area contributed by atoms with E-state index in [9.17, 15) is 0 Å². The number of aromatic nitrogens is 4. The van der Waals surface area contributed by atoms with E-state index >= 15 is 0 Å². The van der Waals surface area contributed by atoms with Gasteiger partial charge in [0.1, 0.15) is 5.01 Å². The molecule has 0 radical (unpaired) electrons. The van der Waals surface area contributed by atoms with Crippen molar-refractivity contribution in [1.82, 2.24) is 19.7 Å². The van der Waals surface area contributed by atoms with Crippen LogP contribution in [0.3, 0.4) is 0 Å². The van der Waals surface area contributed by atoms with Crippen LogP contribution in [0.1, 0.15) is 12.6 Å². The fraction of sp³-hybridized carbons (Fsp3) is 0.150. The Morgan fingerprint density at radius 2 is 1.78 bits per heavy atom. The third-order valence-electron chi connectivity index (χ3n) is 4.06. The number of rotatable bonds is 6. The van der Waals surface area contributed by atoms with Gasteiger partial charge in [0.15, 0.2) is 11.0 Å². The smallest absolute Gasteiger partial charge is 0.191 e. The van der Waals surface area contributed by atoms with E-state index in [2.05, 4.69) is 67.3 Å². The molecule has 2 aromatic carbocycles. The molecule has 0 atom stereocenters. The fourth-order valence-corrected chi connectivity index (χ4v) is 4.81. The van der Waals surface area contributed by atoms with Crippen LogP contribution in [0.15, 0.2) is 69.6 Å². The minimum absolute atomic E-state index is 0.780. The molecule has 0 saturated carbocycles. The van der Waals surface area contributed by atoms with Gasteiger partial charge in [0.25, 0.3) is 0 Å². The highest BCUT2D eigenvalue weighted by atomic mass is 79.9. The van der Waals surface area contributed by atoms with E-state index in [1.165, 1.54) is 0 Å². The van der Waals surface area contributed by atoms with E-state index in [1.807, 2.05) is 30.3 Å². The second kappa shape index (κ2) is 8.37.